The van der Waals surface area contributed by atoms with Gasteiger partial charge in [0.15, 0.2) is 0 Å². The van der Waals surface area contributed by atoms with Crippen molar-refractivity contribution in [2.24, 2.45) is 11.8 Å². The fourth-order valence-electron chi connectivity index (χ4n) is 2.16. The van der Waals surface area contributed by atoms with E-state index < -0.39 is 0 Å². The van der Waals surface area contributed by atoms with Gasteiger partial charge in [-0.15, -0.1) is 0 Å². The molecule has 12 heavy (non-hydrogen) atoms. The quantitative estimate of drug-likeness (QED) is 0.649. The molecule has 0 amide bonds. The van der Waals surface area contributed by atoms with E-state index in [1.165, 1.54) is 38.5 Å². The molecule has 72 valence electrons. The van der Waals surface area contributed by atoms with E-state index in [0.29, 0.717) is 6.61 Å². The summed E-state index contributed by atoms with van der Waals surface area (Å²) in [6.07, 6.45) is 9.32. The Morgan fingerprint density at radius 3 is 2.50 bits per heavy atom. The van der Waals surface area contributed by atoms with Gasteiger partial charge in [0, 0.05) is 6.61 Å². The van der Waals surface area contributed by atoms with Crippen molar-refractivity contribution in [3.63, 3.8) is 0 Å². The highest BCUT2D eigenvalue weighted by Crippen LogP contribution is 2.37. The fourth-order valence-corrected chi connectivity index (χ4v) is 2.16. The summed E-state index contributed by atoms with van der Waals surface area (Å²) in [7, 11) is 0. The lowest BCUT2D eigenvalue weighted by Crippen LogP contribution is -2.22. The largest absolute Gasteiger partial charge is 0.396 e. The summed E-state index contributed by atoms with van der Waals surface area (Å²) in [6.45, 7) is 2.64. The summed E-state index contributed by atoms with van der Waals surface area (Å²) in [4.78, 5) is 0. The number of aliphatic hydroxyl groups excluding tert-OH is 1. The zero-order valence-electron chi connectivity index (χ0n) is 8.26. The van der Waals surface area contributed by atoms with Gasteiger partial charge in [-0.3, -0.25) is 0 Å². The molecule has 1 rings (SSSR count). The van der Waals surface area contributed by atoms with Crippen LogP contribution >= 0.6 is 0 Å². The Labute approximate surface area is 76.2 Å². The summed E-state index contributed by atoms with van der Waals surface area (Å²) in [5, 5.41) is 8.90. The molecule has 0 bridgehead atoms. The highest BCUT2D eigenvalue weighted by molar-refractivity contribution is 4.77. The molecule has 1 unspecified atom stereocenters. The van der Waals surface area contributed by atoms with E-state index >= 15 is 0 Å². The second-order valence-electron chi connectivity index (χ2n) is 4.11. The molecule has 1 saturated carbocycles. The first-order valence-corrected chi connectivity index (χ1v) is 5.49. The molecule has 1 N–H and O–H groups in total. The van der Waals surface area contributed by atoms with Gasteiger partial charge >= 0.3 is 0 Å². The molecule has 1 fully saturated rings. The molecule has 1 atom stereocenters. The molecule has 0 saturated heterocycles. The molecule has 0 spiro atoms. The van der Waals surface area contributed by atoms with Crippen LogP contribution < -0.4 is 0 Å². The van der Waals surface area contributed by atoms with Crippen LogP contribution in [-0.4, -0.2) is 11.7 Å². The Kier molecular flexibility index (Phi) is 4.67. The fraction of sp³-hybridized carbons (Fsp3) is 1.00. The van der Waals surface area contributed by atoms with Gasteiger partial charge in [0.25, 0.3) is 0 Å². The van der Waals surface area contributed by atoms with Crippen LogP contribution in [0.15, 0.2) is 0 Å². The van der Waals surface area contributed by atoms with Crippen molar-refractivity contribution in [2.75, 3.05) is 6.61 Å². The van der Waals surface area contributed by atoms with Gasteiger partial charge in [-0.05, 0) is 18.3 Å². The van der Waals surface area contributed by atoms with Crippen molar-refractivity contribution < 1.29 is 5.11 Å². The highest BCUT2D eigenvalue weighted by atomic mass is 16.3. The molecule has 0 aromatic heterocycles. The molecule has 0 radical (unpaired) electrons. The summed E-state index contributed by atoms with van der Waals surface area (Å²) >= 11 is 0. The summed E-state index contributed by atoms with van der Waals surface area (Å²) in [5.74, 6) is 1.80. The van der Waals surface area contributed by atoms with Crippen molar-refractivity contribution >= 4 is 0 Å². The van der Waals surface area contributed by atoms with Crippen molar-refractivity contribution in [3.05, 3.63) is 0 Å². The van der Waals surface area contributed by atoms with Gasteiger partial charge in [-0.1, -0.05) is 45.4 Å². The Morgan fingerprint density at radius 1 is 1.33 bits per heavy atom. The lowest BCUT2D eigenvalue weighted by molar-refractivity contribution is 0.150. The molecule has 1 nitrogen and oxygen atoms in total. The van der Waals surface area contributed by atoms with E-state index in [4.69, 9.17) is 5.11 Å². The molecular weight excluding hydrogens is 148 g/mol. The van der Waals surface area contributed by atoms with Gasteiger partial charge in [0.05, 0.1) is 0 Å². The van der Waals surface area contributed by atoms with Gasteiger partial charge in [0.1, 0.15) is 0 Å². The predicted molar refractivity (Wildman–Crippen MR) is 52.1 cm³/mol. The molecule has 0 heterocycles. The second-order valence-corrected chi connectivity index (χ2v) is 4.11. The van der Waals surface area contributed by atoms with Crippen LogP contribution in [0.25, 0.3) is 0 Å². The van der Waals surface area contributed by atoms with Crippen LogP contribution in [0.5, 0.6) is 0 Å². The molecule has 1 heteroatoms. The average molecular weight is 170 g/mol. The second kappa shape index (κ2) is 5.58. The van der Waals surface area contributed by atoms with Crippen molar-refractivity contribution in [1.82, 2.24) is 0 Å². The minimum atomic E-state index is 0.394. The first-order valence-electron chi connectivity index (χ1n) is 5.49. The predicted octanol–water partition coefficient (Wildman–Crippen LogP) is 2.98. The van der Waals surface area contributed by atoms with Crippen molar-refractivity contribution in [1.29, 1.82) is 0 Å². The third-order valence-electron chi connectivity index (χ3n) is 3.24. The van der Waals surface area contributed by atoms with Crippen LogP contribution in [0.4, 0.5) is 0 Å². The minimum absolute atomic E-state index is 0.394. The molecule has 0 aliphatic heterocycles. The SMILES string of the molecule is CCCCC(CCO)C1CCC1. The number of unbranched alkanes of at least 4 members (excludes halogenated alkanes) is 1. The molecule has 0 aromatic rings. The van der Waals surface area contributed by atoms with Gasteiger partial charge in [-0.25, -0.2) is 0 Å². The van der Waals surface area contributed by atoms with Crippen LogP contribution in [0, 0.1) is 11.8 Å². The average Bonchev–Trinajstić information content (AvgIpc) is 1.97. The first kappa shape index (κ1) is 10.0. The normalized spacial score (nSPS) is 20.5. The third-order valence-corrected chi connectivity index (χ3v) is 3.24. The number of rotatable bonds is 6. The lowest BCUT2D eigenvalue weighted by atomic mass is 9.73. The lowest BCUT2D eigenvalue weighted by Gasteiger charge is -2.33. The van der Waals surface area contributed by atoms with E-state index in [2.05, 4.69) is 6.92 Å². The zero-order valence-corrected chi connectivity index (χ0v) is 8.26. The molecule has 1 aliphatic rings. The van der Waals surface area contributed by atoms with Crippen molar-refractivity contribution in [2.45, 2.75) is 51.9 Å². The molecule has 1 aliphatic carbocycles. The maximum atomic E-state index is 8.90. The maximum absolute atomic E-state index is 8.90. The van der Waals surface area contributed by atoms with E-state index in [9.17, 15) is 0 Å². The van der Waals surface area contributed by atoms with E-state index in [1.807, 2.05) is 0 Å². The highest BCUT2D eigenvalue weighted by Gasteiger charge is 2.25. The first-order chi connectivity index (χ1) is 5.88. The van der Waals surface area contributed by atoms with Gasteiger partial charge in [0.2, 0.25) is 0 Å². The standard InChI is InChI=1S/C11H22O/c1-2-3-5-11(8-9-12)10-6-4-7-10/h10-12H,2-9H2,1H3. The van der Waals surface area contributed by atoms with E-state index in [0.717, 1.165) is 18.3 Å². The number of aliphatic hydroxyl groups is 1. The summed E-state index contributed by atoms with van der Waals surface area (Å²) < 4.78 is 0. The van der Waals surface area contributed by atoms with Crippen LogP contribution in [-0.2, 0) is 0 Å². The van der Waals surface area contributed by atoms with Crippen LogP contribution in [0.2, 0.25) is 0 Å². The Hall–Kier alpha value is -0.0400. The van der Waals surface area contributed by atoms with Gasteiger partial charge in [-0.2, -0.15) is 0 Å². The number of hydrogen-bond acceptors (Lipinski definition) is 1. The van der Waals surface area contributed by atoms with Gasteiger partial charge < -0.3 is 5.11 Å². The Morgan fingerprint density at radius 2 is 2.08 bits per heavy atom. The van der Waals surface area contributed by atoms with E-state index in [-0.39, 0.29) is 0 Å². The monoisotopic (exact) mass is 170 g/mol. The van der Waals surface area contributed by atoms with Crippen LogP contribution in [0.3, 0.4) is 0 Å². The smallest absolute Gasteiger partial charge is 0.0433 e. The van der Waals surface area contributed by atoms with E-state index in [1.54, 1.807) is 0 Å². The van der Waals surface area contributed by atoms with Crippen LogP contribution in [0.1, 0.15) is 51.9 Å². The maximum Gasteiger partial charge on any atom is 0.0433 e. The minimum Gasteiger partial charge on any atom is -0.396 e. The van der Waals surface area contributed by atoms with Crippen molar-refractivity contribution in [3.8, 4) is 0 Å². The Balaban J connectivity index is 2.17. The third kappa shape index (κ3) is 2.78. The topological polar surface area (TPSA) is 20.2 Å². The molecule has 0 aromatic carbocycles. The zero-order chi connectivity index (χ0) is 8.81. The summed E-state index contributed by atoms with van der Waals surface area (Å²) in [5.41, 5.74) is 0. The summed E-state index contributed by atoms with van der Waals surface area (Å²) in [6, 6.07) is 0. The molecular formula is C11H22O. The number of hydrogen-bond donors (Lipinski definition) is 1. The Bertz CT molecular complexity index is 108.